The van der Waals surface area contributed by atoms with Gasteiger partial charge in [-0.2, -0.15) is 0 Å². The van der Waals surface area contributed by atoms with Gasteiger partial charge in [0.25, 0.3) is 0 Å². The van der Waals surface area contributed by atoms with Crippen molar-refractivity contribution in [3.63, 3.8) is 0 Å². The second-order valence-corrected chi connectivity index (χ2v) is 6.22. The molecule has 1 aliphatic carbocycles. The van der Waals surface area contributed by atoms with E-state index in [1.807, 2.05) is 0 Å². The number of rotatable bonds is 3. The highest BCUT2D eigenvalue weighted by molar-refractivity contribution is 4.92. The fourth-order valence-corrected chi connectivity index (χ4v) is 3.49. The van der Waals surface area contributed by atoms with Crippen molar-refractivity contribution in [1.82, 2.24) is 4.90 Å². The standard InChI is InChI=1S/C13H26N2/c1-13(2)7-9-15(10-13)12-5-3-4-11(12)6-8-14/h11-12H,3-10,14H2,1-2H3. The van der Waals surface area contributed by atoms with Gasteiger partial charge < -0.3 is 5.73 Å². The summed E-state index contributed by atoms with van der Waals surface area (Å²) < 4.78 is 0. The van der Waals surface area contributed by atoms with Gasteiger partial charge in [-0.15, -0.1) is 0 Å². The summed E-state index contributed by atoms with van der Waals surface area (Å²) in [6.45, 7) is 8.30. The third-order valence-electron chi connectivity index (χ3n) is 4.33. The van der Waals surface area contributed by atoms with Crippen LogP contribution < -0.4 is 5.73 Å². The Balaban J connectivity index is 1.93. The van der Waals surface area contributed by atoms with Crippen LogP contribution in [0.1, 0.15) is 46.0 Å². The zero-order valence-corrected chi connectivity index (χ0v) is 10.3. The van der Waals surface area contributed by atoms with Crippen LogP contribution in [0, 0.1) is 11.3 Å². The van der Waals surface area contributed by atoms with Crippen molar-refractivity contribution in [3.05, 3.63) is 0 Å². The molecule has 2 nitrogen and oxygen atoms in total. The van der Waals surface area contributed by atoms with Gasteiger partial charge in [0.1, 0.15) is 0 Å². The number of hydrogen-bond donors (Lipinski definition) is 1. The van der Waals surface area contributed by atoms with E-state index in [2.05, 4.69) is 18.7 Å². The average molecular weight is 210 g/mol. The SMILES string of the molecule is CC1(C)CCN(C2CCCC2CCN)C1. The first-order chi connectivity index (χ1) is 7.12. The van der Waals surface area contributed by atoms with Crippen LogP contribution >= 0.6 is 0 Å². The van der Waals surface area contributed by atoms with Gasteiger partial charge in [-0.25, -0.2) is 0 Å². The molecule has 2 heteroatoms. The zero-order chi connectivity index (χ0) is 10.9. The minimum atomic E-state index is 0.551. The molecule has 88 valence electrons. The maximum atomic E-state index is 5.70. The zero-order valence-electron chi connectivity index (χ0n) is 10.3. The summed E-state index contributed by atoms with van der Waals surface area (Å²) in [6.07, 6.45) is 6.87. The summed E-state index contributed by atoms with van der Waals surface area (Å²) in [5.74, 6) is 0.892. The molecule has 2 N–H and O–H groups in total. The molecule has 0 aromatic heterocycles. The molecule has 1 heterocycles. The highest BCUT2D eigenvalue weighted by atomic mass is 15.2. The molecule has 0 aromatic carbocycles. The van der Waals surface area contributed by atoms with Crippen LogP contribution in [0.2, 0.25) is 0 Å². The van der Waals surface area contributed by atoms with Gasteiger partial charge in [-0.1, -0.05) is 20.3 Å². The van der Waals surface area contributed by atoms with Crippen molar-refractivity contribution >= 4 is 0 Å². The van der Waals surface area contributed by atoms with Gasteiger partial charge in [0.15, 0.2) is 0 Å². The molecule has 1 aliphatic heterocycles. The molecule has 0 aromatic rings. The Hall–Kier alpha value is -0.0800. The van der Waals surface area contributed by atoms with Gasteiger partial charge >= 0.3 is 0 Å². The number of nitrogens with zero attached hydrogens (tertiary/aromatic N) is 1. The largest absolute Gasteiger partial charge is 0.330 e. The van der Waals surface area contributed by atoms with Gasteiger partial charge in [0.05, 0.1) is 0 Å². The molecule has 0 bridgehead atoms. The molecule has 2 fully saturated rings. The Labute approximate surface area is 94.2 Å². The lowest BCUT2D eigenvalue weighted by molar-refractivity contribution is 0.174. The Morgan fingerprint density at radius 3 is 2.73 bits per heavy atom. The van der Waals surface area contributed by atoms with E-state index < -0.39 is 0 Å². The molecule has 2 aliphatic rings. The fraction of sp³-hybridized carbons (Fsp3) is 1.00. The van der Waals surface area contributed by atoms with E-state index in [-0.39, 0.29) is 0 Å². The van der Waals surface area contributed by atoms with E-state index in [1.54, 1.807) is 0 Å². The topological polar surface area (TPSA) is 29.3 Å². The summed E-state index contributed by atoms with van der Waals surface area (Å²) in [6, 6.07) is 0.857. The van der Waals surface area contributed by atoms with E-state index in [0.29, 0.717) is 5.41 Å². The van der Waals surface area contributed by atoms with Crippen molar-refractivity contribution in [3.8, 4) is 0 Å². The van der Waals surface area contributed by atoms with Gasteiger partial charge in [-0.05, 0) is 50.1 Å². The van der Waals surface area contributed by atoms with Crippen molar-refractivity contribution in [1.29, 1.82) is 0 Å². The molecular weight excluding hydrogens is 184 g/mol. The number of likely N-dealkylation sites (tertiary alicyclic amines) is 1. The average Bonchev–Trinajstić information content (AvgIpc) is 2.72. The second-order valence-electron chi connectivity index (χ2n) is 6.22. The summed E-state index contributed by atoms with van der Waals surface area (Å²) in [5.41, 5.74) is 6.26. The van der Waals surface area contributed by atoms with Gasteiger partial charge in [0.2, 0.25) is 0 Å². The maximum absolute atomic E-state index is 5.70. The minimum absolute atomic E-state index is 0.551. The second kappa shape index (κ2) is 4.42. The number of hydrogen-bond acceptors (Lipinski definition) is 2. The lowest BCUT2D eigenvalue weighted by Crippen LogP contribution is -2.37. The molecule has 0 amide bonds. The summed E-state index contributed by atoms with van der Waals surface area (Å²) >= 11 is 0. The Bertz CT molecular complexity index is 213. The monoisotopic (exact) mass is 210 g/mol. The summed E-state index contributed by atoms with van der Waals surface area (Å²) in [7, 11) is 0. The molecule has 2 unspecified atom stereocenters. The Morgan fingerprint density at radius 1 is 1.33 bits per heavy atom. The molecule has 0 spiro atoms. The van der Waals surface area contributed by atoms with Crippen LogP contribution in [0.15, 0.2) is 0 Å². The maximum Gasteiger partial charge on any atom is 0.0124 e. The van der Waals surface area contributed by atoms with E-state index in [0.717, 1.165) is 18.5 Å². The molecule has 2 rings (SSSR count). The first-order valence-electron chi connectivity index (χ1n) is 6.56. The Kier molecular flexibility index (Phi) is 3.36. The molecule has 0 radical (unpaired) electrons. The van der Waals surface area contributed by atoms with Gasteiger partial charge in [-0.3, -0.25) is 4.90 Å². The summed E-state index contributed by atoms with van der Waals surface area (Å²) in [5, 5.41) is 0. The number of nitrogens with two attached hydrogens (primary N) is 1. The van der Waals surface area contributed by atoms with E-state index >= 15 is 0 Å². The van der Waals surface area contributed by atoms with E-state index in [9.17, 15) is 0 Å². The smallest absolute Gasteiger partial charge is 0.0124 e. The first kappa shape index (κ1) is 11.4. The normalized spacial score (nSPS) is 36.2. The van der Waals surface area contributed by atoms with E-state index in [4.69, 9.17) is 5.73 Å². The van der Waals surface area contributed by atoms with Gasteiger partial charge in [0, 0.05) is 12.6 Å². The highest BCUT2D eigenvalue weighted by Gasteiger charge is 2.38. The third-order valence-corrected chi connectivity index (χ3v) is 4.33. The predicted octanol–water partition coefficient (Wildman–Crippen LogP) is 2.24. The van der Waals surface area contributed by atoms with E-state index in [1.165, 1.54) is 45.2 Å². The van der Waals surface area contributed by atoms with Crippen LogP contribution in [0.4, 0.5) is 0 Å². The van der Waals surface area contributed by atoms with Crippen molar-refractivity contribution in [2.24, 2.45) is 17.1 Å². The quantitative estimate of drug-likeness (QED) is 0.774. The summed E-state index contributed by atoms with van der Waals surface area (Å²) in [4.78, 5) is 2.74. The lowest BCUT2D eigenvalue weighted by atomic mass is 9.93. The molecule has 1 saturated heterocycles. The molecular formula is C13H26N2. The van der Waals surface area contributed by atoms with Crippen molar-refractivity contribution in [2.75, 3.05) is 19.6 Å². The third kappa shape index (κ3) is 2.54. The lowest BCUT2D eigenvalue weighted by Gasteiger charge is -2.30. The first-order valence-corrected chi connectivity index (χ1v) is 6.56. The van der Waals surface area contributed by atoms with Crippen LogP contribution in [-0.4, -0.2) is 30.6 Å². The van der Waals surface area contributed by atoms with Crippen LogP contribution in [0.3, 0.4) is 0 Å². The predicted molar refractivity (Wildman–Crippen MR) is 64.8 cm³/mol. The molecule has 15 heavy (non-hydrogen) atoms. The van der Waals surface area contributed by atoms with Crippen LogP contribution in [0.25, 0.3) is 0 Å². The van der Waals surface area contributed by atoms with Crippen molar-refractivity contribution in [2.45, 2.75) is 52.0 Å². The van der Waals surface area contributed by atoms with Crippen LogP contribution in [-0.2, 0) is 0 Å². The Morgan fingerprint density at radius 2 is 2.13 bits per heavy atom. The van der Waals surface area contributed by atoms with Crippen LogP contribution in [0.5, 0.6) is 0 Å². The fourth-order valence-electron chi connectivity index (χ4n) is 3.49. The molecule has 2 atom stereocenters. The minimum Gasteiger partial charge on any atom is -0.330 e. The highest BCUT2D eigenvalue weighted by Crippen LogP contribution is 2.38. The van der Waals surface area contributed by atoms with Crippen molar-refractivity contribution < 1.29 is 0 Å². The molecule has 1 saturated carbocycles.